The molecule has 1 aromatic heterocycles. The first-order valence-corrected chi connectivity index (χ1v) is 11.9. The number of likely N-dealkylation sites (tertiary alicyclic amines) is 1. The van der Waals surface area contributed by atoms with Gasteiger partial charge in [-0.15, -0.1) is 0 Å². The number of sulfone groups is 1. The summed E-state index contributed by atoms with van der Waals surface area (Å²) in [5, 5.41) is 1.73. The molecule has 1 aliphatic rings. The number of rotatable bonds is 4. The maximum atomic E-state index is 13.1. The highest BCUT2D eigenvalue weighted by molar-refractivity contribution is 7.92. The van der Waals surface area contributed by atoms with Gasteiger partial charge in [0.1, 0.15) is 0 Å². The van der Waals surface area contributed by atoms with Gasteiger partial charge < -0.3 is 4.90 Å². The summed E-state index contributed by atoms with van der Waals surface area (Å²) in [6, 6.07) is 15.2. The topological polar surface area (TPSA) is 67.3 Å². The Labute approximate surface area is 177 Å². The van der Waals surface area contributed by atoms with Crippen LogP contribution in [0.4, 0.5) is 0 Å². The highest BCUT2D eigenvalue weighted by Crippen LogP contribution is 2.29. The Morgan fingerprint density at radius 3 is 2.30 bits per heavy atom. The zero-order chi connectivity index (χ0) is 21.3. The molecule has 0 spiro atoms. The number of hydrogen-bond donors (Lipinski definition) is 0. The largest absolute Gasteiger partial charge is 0.342 e. The van der Waals surface area contributed by atoms with E-state index in [9.17, 15) is 13.2 Å². The van der Waals surface area contributed by atoms with Crippen LogP contribution in [0.2, 0.25) is 0 Å². The van der Waals surface area contributed by atoms with E-state index in [1.54, 1.807) is 23.2 Å². The Morgan fingerprint density at radius 1 is 0.967 bits per heavy atom. The van der Waals surface area contributed by atoms with Crippen LogP contribution in [0.1, 0.15) is 26.7 Å². The third-order valence-electron chi connectivity index (χ3n) is 5.84. The lowest BCUT2D eigenvalue weighted by molar-refractivity contribution is -0.135. The lowest BCUT2D eigenvalue weighted by Gasteiger charge is -2.32. The van der Waals surface area contributed by atoms with Crippen LogP contribution in [-0.2, 0) is 14.6 Å². The predicted molar refractivity (Wildman–Crippen MR) is 119 cm³/mol. The van der Waals surface area contributed by atoms with E-state index < -0.39 is 15.1 Å². The number of pyridine rings is 1. The Bertz CT molecular complexity index is 1160. The molecule has 1 aliphatic heterocycles. The van der Waals surface area contributed by atoms with Crippen molar-refractivity contribution in [1.29, 1.82) is 0 Å². The van der Waals surface area contributed by atoms with Gasteiger partial charge in [-0.05, 0) is 53.6 Å². The number of fused-ring (bicyclic) bond motifs is 1. The second-order valence-corrected chi connectivity index (χ2v) is 10.4. The van der Waals surface area contributed by atoms with Gasteiger partial charge in [-0.3, -0.25) is 9.78 Å². The van der Waals surface area contributed by atoms with Crippen LogP contribution in [0.15, 0.2) is 65.8 Å². The van der Waals surface area contributed by atoms with E-state index in [4.69, 9.17) is 0 Å². The Hall–Kier alpha value is -2.73. The average Bonchev–Trinajstić information content (AvgIpc) is 2.78. The van der Waals surface area contributed by atoms with Crippen LogP contribution >= 0.6 is 0 Å². The molecule has 5 nitrogen and oxygen atoms in total. The molecule has 6 heteroatoms. The van der Waals surface area contributed by atoms with Crippen LogP contribution in [0.5, 0.6) is 0 Å². The van der Waals surface area contributed by atoms with Crippen molar-refractivity contribution < 1.29 is 13.2 Å². The molecule has 1 amide bonds. The number of carbonyl (C=O) groups is 1. The molecule has 156 valence electrons. The van der Waals surface area contributed by atoms with Gasteiger partial charge >= 0.3 is 0 Å². The average molecular weight is 423 g/mol. The van der Waals surface area contributed by atoms with Crippen molar-refractivity contribution >= 4 is 26.5 Å². The molecule has 0 unspecified atom stereocenters. The van der Waals surface area contributed by atoms with Crippen molar-refractivity contribution in [2.75, 3.05) is 13.1 Å². The molecule has 0 saturated carbocycles. The predicted octanol–water partition coefficient (Wildman–Crippen LogP) is 4.32. The quantitative estimate of drug-likeness (QED) is 0.628. The fourth-order valence-electron chi connectivity index (χ4n) is 4.04. The van der Waals surface area contributed by atoms with E-state index in [0.29, 0.717) is 30.8 Å². The molecule has 4 rings (SSSR count). The van der Waals surface area contributed by atoms with Crippen LogP contribution in [-0.4, -0.2) is 42.5 Å². The summed E-state index contributed by atoms with van der Waals surface area (Å²) in [6.07, 6.45) is 4.57. The molecule has 1 saturated heterocycles. The first kappa shape index (κ1) is 20.5. The lowest BCUT2D eigenvalue weighted by Crippen LogP contribution is -2.44. The van der Waals surface area contributed by atoms with E-state index in [1.807, 2.05) is 50.4 Å². The monoisotopic (exact) mass is 422 g/mol. The SMILES string of the molecule is CC(C)C(=O)N1CCC(S(=O)(=O)c2ccc(-c3ccc4cnccc4c3)cc2)CC1. The fraction of sp³-hybridized carbons (Fsp3) is 0.333. The molecule has 2 heterocycles. The van der Waals surface area contributed by atoms with E-state index in [2.05, 4.69) is 11.1 Å². The Morgan fingerprint density at radius 2 is 1.63 bits per heavy atom. The van der Waals surface area contributed by atoms with Gasteiger partial charge in [0, 0.05) is 36.8 Å². The molecule has 2 aromatic carbocycles. The molecular weight excluding hydrogens is 396 g/mol. The highest BCUT2D eigenvalue weighted by Gasteiger charge is 2.33. The minimum absolute atomic E-state index is 0.0583. The summed E-state index contributed by atoms with van der Waals surface area (Å²) in [4.78, 5) is 18.4. The number of benzene rings is 2. The second-order valence-electron chi connectivity index (χ2n) is 8.19. The molecule has 0 radical (unpaired) electrons. The van der Waals surface area contributed by atoms with Gasteiger partial charge in [-0.25, -0.2) is 8.42 Å². The standard InChI is InChI=1S/C24H26N2O3S/c1-17(2)24(27)26-13-10-23(11-14-26)30(28,29)22-7-5-18(6-8-22)19-3-4-21-16-25-12-9-20(21)15-19/h3-9,12,15-17,23H,10-11,13-14H2,1-2H3. The van der Waals surface area contributed by atoms with Gasteiger partial charge in [0.25, 0.3) is 0 Å². The number of aromatic nitrogens is 1. The van der Waals surface area contributed by atoms with Crippen LogP contribution in [0.25, 0.3) is 21.9 Å². The first-order chi connectivity index (χ1) is 14.4. The van der Waals surface area contributed by atoms with E-state index in [-0.39, 0.29) is 11.8 Å². The molecule has 1 fully saturated rings. The van der Waals surface area contributed by atoms with Crippen LogP contribution in [0.3, 0.4) is 0 Å². The molecule has 0 atom stereocenters. The van der Waals surface area contributed by atoms with Gasteiger partial charge in [0.2, 0.25) is 5.91 Å². The van der Waals surface area contributed by atoms with Gasteiger partial charge in [-0.2, -0.15) is 0 Å². The summed E-state index contributed by atoms with van der Waals surface area (Å²) in [6.45, 7) is 4.76. The smallest absolute Gasteiger partial charge is 0.225 e. The zero-order valence-electron chi connectivity index (χ0n) is 17.3. The number of nitrogens with zero attached hydrogens (tertiary/aromatic N) is 2. The number of carbonyl (C=O) groups excluding carboxylic acids is 1. The molecule has 0 N–H and O–H groups in total. The number of amides is 1. The summed E-state index contributed by atoms with van der Waals surface area (Å²) in [7, 11) is -3.41. The van der Waals surface area contributed by atoms with Crippen LogP contribution < -0.4 is 0 Å². The third-order valence-corrected chi connectivity index (χ3v) is 8.12. The molecule has 0 aliphatic carbocycles. The van der Waals surface area contributed by atoms with Gasteiger partial charge in [0.15, 0.2) is 9.84 Å². The lowest BCUT2D eigenvalue weighted by atomic mass is 10.0. The molecular formula is C24H26N2O3S. The Kier molecular flexibility index (Phi) is 5.60. The number of piperidine rings is 1. The first-order valence-electron chi connectivity index (χ1n) is 10.3. The zero-order valence-corrected chi connectivity index (χ0v) is 18.1. The van der Waals surface area contributed by atoms with Crippen molar-refractivity contribution in [3.05, 3.63) is 60.9 Å². The van der Waals surface area contributed by atoms with Crippen LogP contribution in [0, 0.1) is 5.92 Å². The maximum absolute atomic E-state index is 13.1. The van der Waals surface area contributed by atoms with Crippen molar-refractivity contribution in [2.45, 2.75) is 36.8 Å². The van der Waals surface area contributed by atoms with Gasteiger partial charge in [0.05, 0.1) is 10.1 Å². The Balaban J connectivity index is 1.51. The maximum Gasteiger partial charge on any atom is 0.225 e. The van der Waals surface area contributed by atoms with E-state index in [1.165, 1.54) is 0 Å². The van der Waals surface area contributed by atoms with Crippen molar-refractivity contribution in [3.8, 4) is 11.1 Å². The second kappa shape index (κ2) is 8.19. The van der Waals surface area contributed by atoms with Crippen molar-refractivity contribution in [2.24, 2.45) is 5.92 Å². The minimum Gasteiger partial charge on any atom is -0.342 e. The molecule has 30 heavy (non-hydrogen) atoms. The van der Waals surface area contributed by atoms with Gasteiger partial charge in [-0.1, -0.05) is 38.1 Å². The summed E-state index contributed by atoms with van der Waals surface area (Å²) >= 11 is 0. The van der Waals surface area contributed by atoms with E-state index >= 15 is 0 Å². The normalized spacial score (nSPS) is 15.6. The van der Waals surface area contributed by atoms with Crippen molar-refractivity contribution in [1.82, 2.24) is 9.88 Å². The summed E-state index contributed by atoms with van der Waals surface area (Å²) in [5.41, 5.74) is 2.02. The van der Waals surface area contributed by atoms with Crippen molar-refractivity contribution in [3.63, 3.8) is 0 Å². The summed E-state index contributed by atoms with van der Waals surface area (Å²) < 4.78 is 26.2. The fourth-order valence-corrected chi connectivity index (χ4v) is 5.78. The van der Waals surface area contributed by atoms with E-state index in [0.717, 1.165) is 21.9 Å². The minimum atomic E-state index is -3.41. The molecule has 3 aromatic rings. The third kappa shape index (κ3) is 3.97. The number of hydrogen-bond acceptors (Lipinski definition) is 4. The summed E-state index contributed by atoms with van der Waals surface area (Å²) in [5.74, 6) is 0.0402. The molecule has 0 bridgehead atoms. The highest BCUT2D eigenvalue weighted by atomic mass is 32.2.